The molecule has 0 bridgehead atoms. The summed E-state index contributed by atoms with van der Waals surface area (Å²) in [4.78, 5) is 24.3. The molecule has 0 spiro atoms. The molecule has 2 heterocycles. The number of Topliss-reactive ketones (excluding diaryl/α,β-unsaturated/α-hetero) is 1. The fourth-order valence-corrected chi connectivity index (χ4v) is 3.63. The standard InChI is InChI=1S/C13H20N4O2/c1-13-7-10(19)16(3)15-12(13)17(14-2)8-5-4-6-9(18)11(8)13/h12,14-15H,4-7H2,1-3H3/t12-,13+/m1/s1. The molecule has 0 unspecified atom stereocenters. The Balaban J connectivity index is 2.09. The fourth-order valence-electron chi connectivity index (χ4n) is 3.63. The average Bonchev–Trinajstić information content (AvgIpc) is 2.60. The van der Waals surface area contributed by atoms with Crippen LogP contribution in [0.15, 0.2) is 11.3 Å². The normalized spacial score (nSPS) is 34.8. The topological polar surface area (TPSA) is 64.7 Å². The number of ketones is 1. The summed E-state index contributed by atoms with van der Waals surface area (Å²) in [6, 6.07) is 0. The van der Waals surface area contributed by atoms with Crippen molar-refractivity contribution in [2.75, 3.05) is 14.1 Å². The van der Waals surface area contributed by atoms with E-state index in [1.807, 2.05) is 19.0 Å². The molecule has 3 rings (SSSR count). The first kappa shape index (κ1) is 12.6. The predicted molar refractivity (Wildman–Crippen MR) is 69.2 cm³/mol. The van der Waals surface area contributed by atoms with Crippen LogP contribution in [0.4, 0.5) is 0 Å². The van der Waals surface area contributed by atoms with E-state index < -0.39 is 5.41 Å². The van der Waals surface area contributed by atoms with Gasteiger partial charge >= 0.3 is 0 Å². The van der Waals surface area contributed by atoms with Crippen molar-refractivity contribution in [1.29, 1.82) is 0 Å². The zero-order chi connectivity index (χ0) is 13.8. The molecule has 0 saturated carbocycles. The first-order valence-electron chi connectivity index (χ1n) is 6.75. The molecular formula is C13H20N4O2. The minimum absolute atomic E-state index is 0.0296. The third kappa shape index (κ3) is 1.56. The number of nitrogens with zero attached hydrogens (tertiary/aromatic N) is 2. The maximum atomic E-state index is 12.3. The molecule has 1 saturated heterocycles. The summed E-state index contributed by atoms with van der Waals surface area (Å²) in [5.74, 6) is 0.229. The summed E-state index contributed by atoms with van der Waals surface area (Å²) in [6.07, 6.45) is 2.69. The molecule has 2 N–H and O–H groups in total. The maximum Gasteiger partial charge on any atom is 0.237 e. The first-order chi connectivity index (χ1) is 8.99. The molecule has 3 aliphatic rings. The van der Waals surface area contributed by atoms with Gasteiger partial charge < -0.3 is 0 Å². The molecular weight excluding hydrogens is 244 g/mol. The van der Waals surface area contributed by atoms with Crippen LogP contribution >= 0.6 is 0 Å². The molecule has 6 nitrogen and oxygen atoms in total. The van der Waals surface area contributed by atoms with Crippen molar-refractivity contribution < 1.29 is 9.59 Å². The van der Waals surface area contributed by atoms with Crippen LogP contribution in [0.3, 0.4) is 0 Å². The SMILES string of the molecule is CNN1C2=C(C(=O)CCC2)[C@]2(C)CC(=O)N(C)N[C@H]12. The van der Waals surface area contributed by atoms with Crippen molar-refractivity contribution in [2.24, 2.45) is 5.41 Å². The molecule has 6 heteroatoms. The van der Waals surface area contributed by atoms with Gasteiger partial charge in [-0.15, -0.1) is 0 Å². The molecule has 104 valence electrons. The molecule has 2 atom stereocenters. The van der Waals surface area contributed by atoms with Gasteiger partial charge in [0.25, 0.3) is 0 Å². The molecule has 0 aromatic heterocycles. The Morgan fingerprint density at radius 3 is 2.79 bits per heavy atom. The van der Waals surface area contributed by atoms with Crippen LogP contribution in [0.25, 0.3) is 0 Å². The largest absolute Gasteiger partial charge is 0.294 e. The van der Waals surface area contributed by atoms with E-state index in [0.717, 1.165) is 24.1 Å². The summed E-state index contributed by atoms with van der Waals surface area (Å²) in [6.45, 7) is 2.02. The number of hydrazine groups is 2. The van der Waals surface area contributed by atoms with Gasteiger partial charge in [-0.1, -0.05) is 6.92 Å². The number of amides is 1. The quantitative estimate of drug-likeness (QED) is 0.705. The highest BCUT2D eigenvalue weighted by atomic mass is 16.2. The Kier molecular flexibility index (Phi) is 2.69. The second-order valence-electron chi connectivity index (χ2n) is 5.77. The van der Waals surface area contributed by atoms with E-state index in [9.17, 15) is 9.59 Å². The second kappa shape index (κ2) is 4.05. The second-order valence-corrected chi connectivity index (χ2v) is 5.77. The number of carbonyl (C=O) groups is 2. The number of hydrogen-bond donors (Lipinski definition) is 2. The van der Waals surface area contributed by atoms with E-state index in [-0.39, 0.29) is 17.9 Å². The predicted octanol–water partition coefficient (Wildman–Crippen LogP) is 0.143. The monoisotopic (exact) mass is 264 g/mol. The van der Waals surface area contributed by atoms with Gasteiger partial charge in [-0.05, 0) is 12.8 Å². The first-order valence-corrected chi connectivity index (χ1v) is 6.75. The average molecular weight is 264 g/mol. The van der Waals surface area contributed by atoms with E-state index in [4.69, 9.17) is 0 Å². The third-order valence-electron chi connectivity index (χ3n) is 4.56. The van der Waals surface area contributed by atoms with Gasteiger partial charge in [0.05, 0.1) is 0 Å². The lowest BCUT2D eigenvalue weighted by molar-refractivity contribution is -0.146. The number of allylic oxidation sites excluding steroid dienone is 1. The molecule has 1 aliphatic carbocycles. The molecule has 0 radical (unpaired) electrons. The third-order valence-corrected chi connectivity index (χ3v) is 4.56. The Labute approximate surface area is 112 Å². The Morgan fingerprint density at radius 1 is 1.37 bits per heavy atom. The van der Waals surface area contributed by atoms with E-state index in [1.165, 1.54) is 5.01 Å². The van der Waals surface area contributed by atoms with Crippen LogP contribution in [-0.4, -0.2) is 42.0 Å². The van der Waals surface area contributed by atoms with Gasteiger partial charge in [-0.3, -0.25) is 19.6 Å². The zero-order valence-corrected chi connectivity index (χ0v) is 11.6. The number of hydrogen-bond acceptors (Lipinski definition) is 5. The number of nitrogens with one attached hydrogen (secondary N) is 2. The number of fused-ring (bicyclic) bond motifs is 2. The van der Waals surface area contributed by atoms with E-state index in [0.29, 0.717) is 12.8 Å². The van der Waals surface area contributed by atoms with Crippen molar-refractivity contribution in [1.82, 2.24) is 20.9 Å². The molecule has 19 heavy (non-hydrogen) atoms. The molecule has 0 aromatic carbocycles. The van der Waals surface area contributed by atoms with E-state index >= 15 is 0 Å². The van der Waals surface area contributed by atoms with Gasteiger partial charge in [0.2, 0.25) is 5.91 Å². The molecule has 0 aromatic rings. The number of rotatable bonds is 1. The summed E-state index contributed by atoms with van der Waals surface area (Å²) in [7, 11) is 3.59. The van der Waals surface area contributed by atoms with Gasteiger partial charge in [-0.2, -0.15) is 0 Å². The Hall–Kier alpha value is -1.40. The summed E-state index contributed by atoms with van der Waals surface area (Å²) < 4.78 is 0. The van der Waals surface area contributed by atoms with Crippen LogP contribution in [0.2, 0.25) is 0 Å². The highest BCUT2D eigenvalue weighted by Crippen LogP contribution is 2.50. The highest BCUT2D eigenvalue weighted by Gasteiger charge is 2.56. The fraction of sp³-hybridized carbons (Fsp3) is 0.692. The minimum atomic E-state index is -0.431. The van der Waals surface area contributed by atoms with Gasteiger partial charge in [0.15, 0.2) is 5.78 Å². The van der Waals surface area contributed by atoms with Crippen LogP contribution in [0, 0.1) is 5.41 Å². The van der Waals surface area contributed by atoms with Gasteiger partial charge in [0.1, 0.15) is 6.17 Å². The van der Waals surface area contributed by atoms with Crippen LogP contribution in [-0.2, 0) is 9.59 Å². The van der Waals surface area contributed by atoms with Crippen molar-refractivity contribution in [3.05, 3.63) is 11.3 Å². The molecule has 1 fully saturated rings. The van der Waals surface area contributed by atoms with Gasteiger partial charge in [-0.25, -0.2) is 10.9 Å². The summed E-state index contributed by atoms with van der Waals surface area (Å²) >= 11 is 0. The maximum absolute atomic E-state index is 12.3. The minimum Gasteiger partial charge on any atom is -0.294 e. The number of carbonyl (C=O) groups excluding carboxylic acids is 2. The van der Waals surface area contributed by atoms with Crippen molar-refractivity contribution in [3.63, 3.8) is 0 Å². The van der Waals surface area contributed by atoms with Crippen LogP contribution in [0.1, 0.15) is 32.6 Å². The summed E-state index contributed by atoms with van der Waals surface area (Å²) in [5, 5.41) is 3.55. The summed E-state index contributed by atoms with van der Waals surface area (Å²) in [5.41, 5.74) is 7.85. The van der Waals surface area contributed by atoms with Crippen LogP contribution in [0.5, 0.6) is 0 Å². The van der Waals surface area contributed by atoms with E-state index in [2.05, 4.69) is 10.9 Å². The van der Waals surface area contributed by atoms with Crippen molar-refractivity contribution in [3.8, 4) is 0 Å². The smallest absolute Gasteiger partial charge is 0.237 e. The molecule has 1 amide bonds. The van der Waals surface area contributed by atoms with Crippen molar-refractivity contribution >= 4 is 11.7 Å². The van der Waals surface area contributed by atoms with Gasteiger partial charge in [0, 0.05) is 43.6 Å². The molecule has 2 aliphatic heterocycles. The lowest BCUT2D eigenvalue weighted by Gasteiger charge is -2.44. The lowest BCUT2D eigenvalue weighted by Crippen LogP contribution is -2.64. The zero-order valence-electron chi connectivity index (χ0n) is 11.6. The van der Waals surface area contributed by atoms with Crippen LogP contribution < -0.4 is 10.9 Å². The Bertz CT molecular complexity index is 487. The Morgan fingerprint density at radius 2 is 2.11 bits per heavy atom. The van der Waals surface area contributed by atoms with E-state index in [1.54, 1.807) is 7.05 Å². The highest BCUT2D eigenvalue weighted by molar-refractivity contribution is 6.00. The lowest BCUT2D eigenvalue weighted by atomic mass is 9.73. The van der Waals surface area contributed by atoms with Crippen molar-refractivity contribution in [2.45, 2.75) is 38.8 Å².